The molecule has 9 heteroatoms. The molecule has 0 spiro atoms. The number of nitrogens with one attached hydrogen (secondary N) is 3. The van der Waals surface area contributed by atoms with Crippen LogP contribution < -0.4 is 5.32 Å². The van der Waals surface area contributed by atoms with E-state index in [1.54, 1.807) is 31.0 Å². The van der Waals surface area contributed by atoms with E-state index in [9.17, 15) is 4.79 Å². The fraction of sp³-hybridized carbons (Fsp3) is 0.0323. The third-order valence-corrected chi connectivity index (χ3v) is 6.70. The molecule has 192 valence electrons. The summed E-state index contributed by atoms with van der Waals surface area (Å²) in [6.07, 6.45) is 8.98. The number of amides is 1. The Kier molecular flexibility index (Phi) is 5.78. The zero-order chi connectivity index (χ0) is 26.9. The Balaban J connectivity index is 1.21. The Morgan fingerprint density at radius 2 is 1.68 bits per heavy atom. The summed E-state index contributed by atoms with van der Waals surface area (Å²) in [5.41, 5.74) is 8.09. The molecule has 0 atom stereocenters. The molecule has 6 aromatic heterocycles. The number of aromatic nitrogens is 7. The van der Waals surface area contributed by atoms with E-state index >= 15 is 0 Å². The van der Waals surface area contributed by atoms with Gasteiger partial charge in [-0.05, 0) is 42.0 Å². The van der Waals surface area contributed by atoms with Crippen LogP contribution in [0.1, 0.15) is 5.56 Å². The highest BCUT2D eigenvalue weighted by atomic mass is 16.1. The summed E-state index contributed by atoms with van der Waals surface area (Å²) < 4.78 is 0. The number of pyridine rings is 4. The molecule has 0 aliphatic rings. The largest absolute Gasteiger partial charge is 0.353 e. The summed E-state index contributed by atoms with van der Waals surface area (Å²) in [4.78, 5) is 34.1. The predicted molar refractivity (Wildman–Crippen MR) is 154 cm³/mol. The zero-order valence-corrected chi connectivity index (χ0v) is 21.2. The fourth-order valence-corrected chi connectivity index (χ4v) is 4.81. The van der Waals surface area contributed by atoms with Crippen molar-refractivity contribution in [3.8, 4) is 33.9 Å². The third kappa shape index (κ3) is 4.45. The van der Waals surface area contributed by atoms with Crippen molar-refractivity contribution in [3.05, 3.63) is 109 Å². The molecule has 0 fully saturated rings. The highest BCUT2D eigenvalue weighted by Gasteiger charge is 2.16. The Morgan fingerprint density at radius 1 is 0.800 bits per heavy atom. The van der Waals surface area contributed by atoms with E-state index < -0.39 is 0 Å². The van der Waals surface area contributed by atoms with Gasteiger partial charge in [0, 0.05) is 52.2 Å². The number of nitrogens with zero attached hydrogens (tertiary/aromatic N) is 5. The van der Waals surface area contributed by atoms with Crippen molar-refractivity contribution in [1.82, 2.24) is 35.1 Å². The van der Waals surface area contributed by atoms with Gasteiger partial charge in [-0.25, -0.2) is 4.98 Å². The van der Waals surface area contributed by atoms with Gasteiger partial charge in [-0.2, -0.15) is 5.10 Å². The molecule has 1 amide bonds. The van der Waals surface area contributed by atoms with Crippen LogP contribution in [-0.4, -0.2) is 41.0 Å². The highest BCUT2D eigenvalue weighted by Crippen LogP contribution is 2.33. The number of hydrogen-bond acceptors (Lipinski definition) is 6. The van der Waals surface area contributed by atoms with Gasteiger partial charge in [-0.1, -0.05) is 36.4 Å². The number of aromatic amines is 2. The molecular formula is C31H22N8O. The Labute approximate surface area is 228 Å². The summed E-state index contributed by atoms with van der Waals surface area (Å²) >= 11 is 0. The van der Waals surface area contributed by atoms with E-state index in [-0.39, 0.29) is 5.91 Å². The second kappa shape index (κ2) is 9.88. The molecule has 0 unspecified atom stereocenters. The van der Waals surface area contributed by atoms with Crippen molar-refractivity contribution >= 4 is 33.5 Å². The number of anilines is 1. The molecule has 7 aromatic rings. The summed E-state index contributed by atoms with van der Waals surface area (Å²) in [5, 5.41) is 12.3. The number of H-pyrrole nitrogens is 2. The van der Waals surface area contributed by atoms with Gasteiger partial charge in [0.25, 0.3) is 0 Å². The molecule has 0 radical (unpaired) electrons. The lowest BCUT2D eigenvalue weighted by Crippen LogP contribution is -2.14. The standard InChI is InChI=1S/C31H22N8O/c40-28(12-19-6-2-1-3-7-19)36-22-13-20(16-32-18-22)21-14-24-30(38-39-31(24)35-17-21)27-15-23-25(37-27)9-11-34-29(23)26-8-4-5-10-33-26/h1-11,13-18,37H,12H2,(H,36,40)(H,35,38,39). The van der Waals surface area contributed by atoms with Gasteiger partial charge >= 0.3 is 0 Å². The number of fused-ring (bicyclic) bond motifs is 2. The first-order valence-electron chi connectivity index (χ1n) is 12.7. The van der Waals surface area contributed by atoms with Gasteiger partial charge < -0.3 is 10.3 Å². The molecule has 0 aliphatic heterocycles. The van der Waals surface area contributed by atoms with E-state index in [0.717, 1.165) is 55.8 Å². The first-order valence-corrected chi connectivity index (χ1v) is 12.7. The van der Waals surface area contributed by atoms with Gasteiger partial charge in [0.05, 0.1) is 41.1 Å². The zero-order valence-electron chi connectivity index (χ0n) is 21.2. The maximum absolute atomic E-state index is 12.6. The third-order valence-electron chi connectivity index (χ3n) is 6.70. The average molecular weight is 523 g/mol. The van der Waals surface area contributed by atoms with Crippen LogP contribution in [0.25, 0.3) is 55.8 Å². The SMILES string of the molecule is O=C(Cc1ccccc1)Nc1cncc(-c2cnc3n[nH]c(-c4cc5c(-c6ccccn6)nccc5[nH]4)c3c2)c1. The summed E-state index contributed by atoms with van der Waals surface area (Å²) in [6.45, 7) is 0. The van der Waals surface area contributed by atoms with Gasteiger partial charge in [-0.3, -0.25) is 24.8 Å². The summed E-state index contributed by atoms with van der Waals surface area (Å²) in [5.74, 6) is -0.103. The van der Waals surface area contributed by atoms with Crippen LogP contribution in [-0.2, 0) is 11.2 Å². The lowest BCUT2D eigenvalue weighted by atomic mass is 10.1. The van der Waals surface area contributed by atoms with Crippen LogP contribution in [0.4, 0.5) is 5.69 Å². The predicted octanol–water partition coefficient (Wildman–Crippen LogP) is 5.81. The smallest absolute Gasteiger partial charge is 0.228 e. The molecule has 3 N–H and O–H groups in total. The van der Waals surface area contributed by atoms with Crippen LogP contribution in [0.2, 0.25) is 0 Å². The quantitative estimate of drug-likeness (QED) is 0.253. The van der Waals surface area contributed by atoms with E-state index in [2.05, 4.69) is 46.5 Å². The number of carbonyl (C=O) groups excluding carboxylic acids is 1. The normalized spacial score (nSPS) is 11.2. The number of carbonyl (C=O) groups is 1. The first-order chi connectivity index (χ1) is 19.7. The van der Waals surface area contributed by atoms with Crippen molar-refractivity contribution in [2.24, 2.45) is 0 Å². The van der Waals surface area contributed by atoms with Crippen molar-refractivity contribution in [2.45, 2.75) is 6.42 Å². The fourth-order valence-electron chi connectivity index (χ4n) is 4.81. The second-order valence-electron chi connectivity index (χ2n) is 9.39. The molecule has 7 rings (SSSR count). The minimum atomic E-state index is -0.103. The van der Waals surface area contributed by atoms with Crippen molar-refractivity contribution in [1.29, 1.82) is 0 Å². The van der Waals surface area contributed by atoms with Crippen molar-refractivity contribution < 1.29 is 4.79 Å². The van der Waals surface area contributed by atoms with Crippen LogP contribution in [0, 0.1) is 0 Å². The molecule has 6 heterocycles. The molecule has 9 nitrogen and oxygen atoms in total. The summed E-state index contributed by atoms with van der Waals surface area (Å²) in [6, 6.07) is 23.3. The topological polar surface area (TPSA) is 125 Å². The van der Waals surface area contributed by atoms with Crippen LogP contribution >= 0.6 is 0 Å². The van der Waals surface area contributed by atoms with Crippen LogP contribution in [0.5, 0.6) is 0 Å². The van der Waals surface area contributed by atoms with E-state index in [1.807, 2.05) is 66.7 Å². The van der Waals surface area contributed by atoms with Crippen molar-refractivity contribution in [3.63, 3.8) is 0 Å². The Morgan fingerprint density at radius 3 is 2.55 bits per heavy atom. The Hall–Kier alpha value is -5.70. The lowest BCUT2D eigenvalue weighted by Gasteiger charge is -2.07. The van der Waals surface area contributed by atoms with Gasteiger partial charge in [0.1, 0.15) is 0 Å². The molecule has 0 saturated carbocycles. The minimum absolute atomic E-state index is 0.103. The number of benzene rings is 1. The monoisotopic (exact) mass is 522 g/mol. The van der Waals surface area contributed by atoms with Crippen LogP contribution in [0.15, 0.2) is 104 Å². The molecule has 1 aromatic carbocycles. The molecule has 0 saturated heterocycles. The second-order valence-corrected chi connectivity index (χ2v) is 9.39. The Bertz CT molecular complexity index is 1980. The number of rotatable bonds is 6. The minimum Gasteiger partial charge on any atom is -0.353 e. The molecule has 40 heavy (non-hydrogen) atoms. The molecule has 0 aliphatic carbocycles. The van der Waals surface area contributed by atoms with E-state index in [0.29, 0.717) is 17.8 Å². The summed E-state index contributed by atoms with van der Waals surface area (Å²) in [7, 11) is 0. The van der Waals surface area contributed by atoms with Gasteiger partial charge in [-0.15, -0.1) is 0 Å². The van der Waals surface area contributed by atoms with Gasteiger partial charge in [0.15, 0.2) is 5.65 Å². The number of hydrogen-bond donors (Lipinski definition) is 3. The highest BCUT2D eigenvalue weighted by molar-refractivity contribution is 5.99. The average Bonchev–Trinajstić information content (AvgIpc) is 3.62. The molecule has 0 bridgehead atoms. The maximum Gasteiger partial charge on any atom is 0.228 e. The van der Waals surface area contributed by atoms with Crippen molar-refractivity contribution in [2.75, 3.05) is 5.32 Å². The van der Waals surface area contributed by atoms with Crippen LogP contribution in [0.3, 0.4) is 0 Å². The van der Waals surface area contributed by atoms with Gasteiger partial charge in [0.2, 0.25) is 5.91 Å². The van der Waals surface area contributed by atoms with E-state index in [1.165, 1.54) is 0 Å². The molecular weight excluding hydrogens is 500 g/mol. The first kappa shape index (κ1) is 23.4. The van der Waals surface area contributed by atoms with E-state index in [4.69, 9.17) is 0 Å². The lowest BCUT2D eigenvalue weighted by molar-refractivity contribution is -0.115. The maximum atomic E-state index is 12.6.